The first-order valence-electron chi connectivity index (χ1n) is 6.42. The lowest BCUT2D eigenvalue weighted by Crippen LogP contribution is -2.19. The fraction of sp³-hybridized carbons (Fsp3) is 0. The Morgan fingerprint density at radius 3 is 2.09 bits per heavy atom. The zero-order valence-corrected chi connectivity index (χ0v) is 12.9. The monoisotopic (exact) mass is 330 g/mol. The first-order valence-corrected chi connectivity index (χ1v) is 7.57. The lowest BCUT2D eigenvalue weighted by molar-refractivity contribution is 0.262. The van der Waals surface area contributed by atoms with E-state index >= 15 is 0 Å². The fourth-order valence-electron chi connectivity index (χ4n) is 1.84. The van der Waals surface area contributed by atoms with E-state index in [9.17, 15) is 4.79 Å². The van der Waals surface area contributed by atoms with Crippen LogP contribution in [-0.4, -0.2) is 15.6 Å². The van der Waals surface area contributed by atoms with Crippen molar-refractivity contribution in [1.29, 1.82) is 0 Å². The molecule has 0 atom stereocenters. The molecule has 2 amide bonds. The molecule has 3 aromatic rings. The number of nitrogens with zero attached hydrogens (tertiary/aromatic N) is 2. The van der Waals surface area contributed by atoms with E-state index in [-0.39, 0.29) is 6.03 Å². The highest BCUT2D eigenvalue weighted by atomic mass is 35.5. The highest BCUT2D eigenvalue weighted by molar-refractivity contribution is 7.09. The molecule has 0 unspecified atom stereocenters. The Kier molecular flexibility index (Phi) is 4.32. The summed E-state index contributed by atoms with van der Waals surface area (Å²) in [5.41, 5.74) is 2.39. The maximum Gasteiger partial charge on any atom is 0.323 e. The largest absolute Gasteiger partial charge is 0.323 e. The summed E-state index contributed by atoms with van der Waals surface area (Å²) < 4.78 is 3.82. The molecular weight excluding hydrogens is 320 g/mol. The molecule has 110 valence electrons. The van der Waals surface area contributed by atoms with Gasteiger partial charge in [0.05, 0.1) is 11.1 Å². The summed E-state index contributed by atoms with van der Waals surface area (Å²) in [4.78, 5) is 12.9. The van der Waals surface area contributed by atoms with Crippen LogP contribution in [0.15, 0.2) is 54.7 Å². The Balaban J connectivity index is 1.63. The van der Waals surface area contributed by atoms with Gasteiger partial charge in [-0.15, -0.1) is 5.10 Å². The Labute approximate surface area is 136 Å². The van der Waals surface area contributed by atoms with Crippen LogP contribution in [0.4, 0.5) is 16.2 Å². The maximum absolute atomic E-state index is 11.9. The van der Waals surface area contributed by atoms with Crippen molar-refractivity contribution < 1.29 is 4.79 Å². The third-order valence-electron chi connectivity index (χ3n) is 2.89. The molecule has 3 rings (SSSR count). The average Bonchev–Trinajstić information content (AvgIpc) is 3.05. The van der Waals surface area contributed by atoms with Gasteiger partial charge in [-0.05, 0) is 53.5 Å². The molecule has 0 bridgehead atoms. The molecule has 22 heavy (non-hydrogen) atoms. The molecule has 7 heteroatoms. The van der Waals surface area contributed by atoms with Crippen molar-refractivity contribution >= 4 is 40.5 Å². The molecule has 2 aromatic carbocycles. The summed E-state index contributed by atoms with van der Waals surface area (Å²) in [7, 11) is 0. The van der Waals surface area contributed by atoms with E-state index in [0.717, 1.165) is 10.4 Å². The second-order valence-electron chi connectivity index (χ2n) is 4.45. The van der Waals surface area contributed by atoms with Crippen molar-refractivity contribution in [2.45, 2.75) is 0 Å². The first kappa shape index (κ1) is 14.5. The standard InChI is InChI=1S/C15H11ClN4OS/c16-11-3-7-13(8-4-11)19-15(21)18-12-5-1-10(2-6-12)14-9-17-20-22-14/h1-9H,(H2,18,19,21). The molecule has 0 saturated carbocycles. The lowest BCUT2D eigenvalue weighted by Gasteiger charge is -2.08. The van der Waals surface area contributed by atoms with Crippen molar-refractivity contribution in [3.8, 4) is 10.4 Å². The highest BCUT2D eigenvalue weighted by Gasteiger charge is 2.04. The Morgan fingerprint density at radius 1 is 0.955 bits per heavy atom. The van der Waals surface area contributed by atoms with Crippen molar-refractivity contribution in [2.24, 2.45) is 0 Å². The second kappa shape index (κ2) is 6.55. The summed E-state index contributed by atoms with van der Waals surface area (Å²) in [5.74, 6) is 0. The molecule has 0 radical (unpaired) electrons. The molecule has 0 aliphatic rings. The van der Waals surface area contributed by atoms with Crippen LogP contribution in [0, 0.1) is 0 Å². The van der Waals surface area contributed by atoms with Crippen LogP contribution < -0.4 is 10.6 Å². The van der Waals surface area contributed by atoms with Gasteiger partial charge in [-0.1, -0.05) is 28.2 Å². The zero-order chi connectivity index (χ0) is 15.4. The number of anilines is 2. The summed E-state index contributed by atoms with van der Waals surface area (Å²) in [6.07, 6.45) is 1.71. The number of nitrogens with one attached hydrogen (secondary N) is 2. The molecule has 0 saturated heterocycles. The lowest BCUT2D eigenvalue weighted by atomic mass is 10.2. The second-order valence-corrected chi connectivity index (χ2v) is 5.67. The van der Waals surface area contributed by atoms with Gasteiger partial charge in [0.2, 0.25) is 0 Å². The number of carbonyl (C=O) groups is 1. The van der Waals surface area contributed by atoms with Crippen LogP contribution in [0.3, 0.4) is 0 Å². The predicted molar refractivity (Wildman–Crippen MR) is 89.4 cm³/mol. The zero-order valence-electron chi connectivity index (χ0n) is 11.3. The van der Waals surface area contributed by atoms with Gasteiger partial charge in [-0.25, -0.2) is 4.79 Å². The molecule has 0 aliphatic heterocycles. The number of carbonyl (C=O) groups excluding carboxylic acids is 1. The molecule has 0 fully saturated rings. The molecule has 5 nitrogen and oxygen atoms in total. The molecule has 2 N–H and O–H groups in total. The summed E-state index contributed by atoms with van der Waals surface area (Å²) >= 11 is 7.13. The quantitative estimate of drug-likeness (QED) is 0.742. The number of hydrogen-bond donors (Lipinski definition) is 2. The topological polar surface area (TPSA) is 66.9 Å². The number of aromatic nitrogens is 2. The molecule has 1 aromatic heterocycles. The molecule has 1 heterocycles. The molecular formula is C15H11ClN4OS. The molecule has 0 aliphatic carbocycles. The SMILES string of the molecule is O=C(Nc1ccc(Cl)cc1)Nc1ccc(-c2cnns2)cc1. The third kappa shape index (κ3) is 3.60. The van der Waals surface area contributed by atoms with E-state index < -0.39 is 0 Å². The number of urea groups is 1. The van der Waals surface area contributed by atoms with Gasteiger partial charge in [-0.2, -0.15) is 0 Å². The highest BCUT2D eigenvalue weighted by Crippen LogP contribution is 2.23. The van der Waals surface area contributed by atoms with Crippen LogP contribution in [-0.2, 0) is 0 Å². The minimum Gasteiger partial charge on any atom is -0.308 e. The van der Waals surface area contributed by atoms with Gasteiger partial charge in [0, 0.05) is 16.4 Å². The van der Waals surface area contributed by atoms with Crippen LogP contribution >= 0.6 is 23.1 Å². The van der Waals surface area contributed by atoms with E-state index in [2.05, 4.69) is 20.2 Å². The number of amides is 2. The van der Waals surface area contributed by atoms with Gasteiger partial charge in [0.25, 0.3) is 0 Å². The number of halogens is 1. The number of hydrogen-bond acceptors (Lipinski definition) is 4. The summed E-state index contributed by atoms with van der Waals surface area (Å²) in [6.45, 7) is 0. The van der Waals surface area contributed by atoms with Crippen LogP contribution in [0.5, 0.6) is 0 Å². The predicted octanol–water partition coefficient (Wildman–Crippen LogP) is 4.50. The van der Waals surface area contributed by atoms with Gasteiger partial charge < -0.3 is 10.6 Å². The van der Waals surface area contributed by atoms with E-state index in [4.69, 9.17) is 11.6 Å². The first-order chi connectivity index (χ1) is 10.7. The summed E-state index contributed by atoms with van der Waals surface area (Å²) in [5, 5.41) is 9.93. The Morgan fingerprint density at radius 2 is 1.55 bits per heavy atom. The Bertz CT molecular complexity index is 757. The van der Waals surface area contributed by atoms with Crippen LogP contribution in [0.2, 0.25) is 5.02 Å². The maximum atomic E-state index is 11.9. The van der Waals surface area contributed by atoms with Crippen LogP contribution in [0.25, 0.3) is 10.4 Å². The van der Waals surface area contributed by atoms with Gasteiger partial charge in [-0.3, -0.25) is 0 Å². The Hall–Kier alpha value is -2.44. The molecule has 0 spiro atoms. The van der Waals surface area contributed by atoms with E-state index in [1.54, 1.807) is 30.5 Å². The van der Waals surface area contributed by atoms with Gasteiger partial charge in [0.1, 0.15) is 0 Å². The number of benzene rings is 2. The number of rotatable bonds is 3. The van der Waals surface area contributed by atoms with E-state index in [0.29, 0.717) is 16.4 Å². The smallest absolute Gasteiger partial charge is 0.308 e. The summed E-state index contributed by atoms with van der Waals surface area (Å²) in [6, 6.07) is 14.1. The van der Waals surface area contributed by atoms with Crippen molar-refractivity contribution in [3.05, 3.63) is 59.8 Å². The van der Waals surface area contributed by atoms with Crippen molar-refractivity contribution in [1.82, 2.24) is 9.59 Å². The fourth-order valence-corrected chi connectivity index (χ4v) is 2.48. The average molecular weight is 331 g/mol. The van der Waals surface area contributed by atoms with Crippen molar-refractivity contribution in [2.75, 3.05) is 10.6 Å². The van der Waals surface area contributed by atoms with Crippen molar-refractivity contribution in [3.63, 3.8) is 0 Å². The van der Waals surface area contributed by atoms with Gasteiger partial charge >= 0.3 is 6.03 Å². The van der Waals surface area contributed by atoms with Gasteiger partial charge in [0.15, 0.2) is 0 Å². The minimum atomic E-state index is -0.311. The third-order valence-corrected chi connectivity index (χ3v) is 3.86. The van der Waals surface area contributed by atoms with E-state index in [1.807, 2.05) is 24.3 Å². The minimum absolute atomic E-state index is 0.311. The normalized spacial score (nSPS) is 10.2. The van der Waals surface area contributed by atoms with Crippen LogP contribution in [0.1, 0.15) is 0 Å². The van der Waals surface area contributed by atoms with E-state index in [1.165, 1.54) is 11.5 Å².